The van der Waals surface area contributed by atoms with Gasteiger partial charge in [0.05, 0.1) is 11.3 Å². The van der Waals surface area contributed by atoms with E-state index in [1.54, 1.807) is 35.8 Å². The number of aryl methyl sites for hydroxylation is 3. The molecule has 0 atom stereocenters. The van der Waals surface area contributed by atoms with Gasteiger partial charge in [-0.3, -0.25) is 4.79 Å². The molecule has 3 aromatic rings. The van der Waals surface area contributed by atoms with Gasteiger partial charge in [-0.05, 0) is 77.2 Å². The molecule has 0 amide bonds. The van der Waals surface area contributed by atoms with Crippen LogP contribution in [0, 0.1) is 6.92 Å². The fourth-order valence-corrected chi connectivity index (χ4v) is 3.92. The van der Waals surface area contributed by atoms with Crippen LogP contribution < -0.4 is 10.3 Å². The van der Waals surface area contributed by atoms with Gasteiger partial charge in [-0.15, -0.1) is 0 Å². The predicted octanol–water partition coefficient (Wildman–Crippen LogP) is 5.00. The molecule has 30 heavy (non-hydrogen) atoms. The van der Waals surface area contributed by atoms with E-state index in [2.05, 4.69) is 28.9 Å². The molecule has 0 unspecified atom stereocenters. The Bertz CT molecular complexity index is 1100. The molecular weight excluding hydrogens is 446 g/mol. The summed E-state index contributed by atoms with van der Waals surface area (Å²) in [4.78, 5) is 23.8. The quantitative estimate of drug-likeness (QED) is 0.503. The number of aromatic carboxylic acids is 1. The first-order valence-electron chi connectivity index (χ1n) is 9.81. The molecule has 3 rings (SSSR count). The summed E-state index contributed by atoms with van der Waals surface area (Å²) in [6, 6.07) is 16.5. The standard InChI is InChI=1S/C24H24BrNO4/c1-3-17-5-4-6-20(14-17)30-15-22-21(25)13-16(2)23(27)26(22)12-11-18-7-9-19(10-8-18)24(28)29/h4-10,13-14H,3,11-12,15H2,1-2H3,(H,28,29). The number of carbonyl (C=O) groups is 1. The van der Waals surface area contributed by atoms with Gasteiger partial charge in [0, 0.05) is 16.6 Å². The van der Waals surface area contributed by atoms with Crippen LogP contribution in [0.5, 0.6) is 5.75 Å². The van der Waals surface area contributed by atoms with Crippen molar-refractivity contribution in [1.82, 2.24) is 4.57 Å². The average molecular weight is 470 g/mol. The Labute approximate surface area is 184 Å². The lowest BCUT2D eigenvalue weighted by Crippen LogP contribution is -2.27. The van der Waals surface area contributed by atoms with Crippen LogP contribution in [0.3, 0.4) is 0 Å². The first kappa shape index (κ1) is 21.8. The Balaban J connectivity index is 1.82. The third-order valence-corrected chi connectivity index (χ3v) is 5.72. The fraction of sp³-hybridized carbons (Fsp3) is 0.250. The van der Waals surface area contributed by atoms with Gasteiger partial charge in [0.15, 0.2) is 0 Å². The molecule has 0 saturated heterocycles. The molecule has 5 nitrogen and oxygen atoms in total. The van der Waals surface area contributed by atoms with Gasteiger partial charge in [-0.2, -0.15) is 0 Å². The second-order valence-electron chi connectivity index (χ2n) is 7.12. The number of carboxylic acids is 1. The number of aromatic nitrogens is 1. The number of ether oxygens (including phenoxy) is 1. The summed E-state index contributed by atoms with van der Waals surface area (Å²) in [5.41, 5.74) is 3.78. The molecule has 156 valence electrons. The molecule has 0 aliphatic carbocycles. The number of nitrogens with zero attached hydrogens (tertiary/aromatic N) is 1. The molecule has 0 aliphatic heterocycles. The van der Waals surface area contributed by atoms with Crippen LogP contribution in [-0.2, 0) is 26.0 Å². The van der Waals surface area contributed by atoms with Gasteiger partial charge in [-0.25, -0.2) is 4.79 Å². The third kappa shape index (κ3) is 5.19. The molecule has 6 heteroatoms. The summed E-state index contributed by atoms with van der Waals surface area (Å²) < 4.78 is 8.55. The number of halogens is 1. The summed E-state index contributed by atoms with van der Waals surface area (Å²) in [5, 5.41) is 9.04. The smallest absolute Gasteiger partial charge is 0.335 e. The Kier molecular flexibility index (Phi) is 7.11. The van der Waals surface area contributed by atoms with E-state index in [4.69, 9.17) is 9.84 Å². The molecule has 0 aliphatic rings. The number of pyridine rings is 1. The largest absolute Gasteiger partial charge is 0.487 e. The molecule has 0 bridgehead atoms. The van der Waals surface area contributed by atoms with E-state index in [9.17, 15) is 9.59 Å². The predicted molar refractivity (Wildman–Crippen MR) is 120 cm³/mol. The van der Waals surface area contributed by atoms with Crippen LogP contribution in [0.25, 0.3) is 0 Å². The normalized spacial score (nSPS) is 10.8. The minimum Gasteiger partial charge on any atom is -0.487 e. The number of rotatable bonds is 8. The van der Waals surface area contributed by atoms with Gasteiger partial charge >= 0.3 is 5.97 Å². The van der Waals surface area contributed by atoms with E-state index in [0.29, 0.717) is 18.5 Å². The number of hydrogen-bond acceptors (Lipinski definition) is 3. The molecule has 1 N–H and O–H groups in total. The molecule has 0 spiro atoms. The Morgan fingerprint density at radius 3 is 2.50 bits per heavy atom. The zero-order valence-corrected chi connectivity index (χ0v) is 18.6. The van der Waals surface area contributed by atoms with Crippen molar-refractivity contribution >= 4 is 21.9 Å². The highest BCUT2D eigenvalue weighted by molar-refractivity contribution is 9.10. The molecule has 0 saturated carbocycles. The maximum atomic E-state index is 12.8. The van der Waals surface area contributed by atoms with Crippen molar-refractivity contribution in [2.45, 2.75) is 39.8 Å². The monoisotopic (exact) mass is 469 g/mol. The SMILES string of the molecule is CCc1cccc(OCc2c(Br)cc(C)c(=O)n2CCc2ccc(C(=O)O)cc2)c1. The second-order valence-corrected chi connectivity index (χ2v) is 7.97. The van der Waals surface area contributed by atoms with E-state index in [1.807, 2.05) is 24.3 Å². The van der Waals surface area contributed by atoms with E-state index < -0.39 is 5.97 Å². The Hall–Kier alpha value is -2.86. The van der Waals surface area contributed by atoms with Crippen LogP contribution >= 0.6 is 15.9 Å². The van der Waals surface area contributed by atoms with Crippen LogP contribution in [0.15, 0.2) is 63.9 Å². The van der Waals surface area contributed by atoms with Crippen molar-refractivity contribution in [3.8, 4) is 5.75 Å². The number of benzene rings is 2. The average Bonchev–Trinajstić information content (AvgIpc) is 2.75. The summed E-state index contributed by atoms with van der Waals surface area (Å²) in [6.45, 7) is 4.62. The molecule has 1 aromatic heterocycles. The maximum absolute atomic E-state index is 12.8. The second kappa shape index (κ2) is 9.76. The highest BCUT2D eigenvalue weighted by atomic mass is 79.9. The minimum absolute atomic E-state index is 0.0544. The van der Waals surface area contributed by atoms with Crippen molar-refractivity contribution in [3.05, 3.63) is 97.4 Å². The maximum Gasteiger partial charge on any atom is 0.335 e. The molecular formula is C24H24BrNO4. The molecule has 2 aromatic carbocycles. The van der Waals surface area contributed by atoms with Gasteiger partial charge in [0.2, 0.25) is 0 Å². The lowest BCUT2D eigenvalue weighted by atomic mass is 10.1. The summed E-state index contributed by atoms with van der Waals surface area (Å²) >= 11 is 3.58. The van der Waals surface area contributed by atoms with Crippen molar-refractivity contribution in [2.24, 2.45) is 0 Å². The van der Waals surface area contributed by atoms with E-state index in [0.717, 1.165) is 27.9 Å². The van der Waals surface area contributed by atoms with Crippen molar-refractivity contribution < 1.29 is 14.6 Å². The van der Waals surface area contributed by atoms with Crippen molar-refractivity contribution in [2.75, 3.05) is 0 Å². The van der Waals surface area contributed by atoms with Crippen LogP contribution in [-0.4, -0.2) is 15.6 Å². The zero-order valence-electron chi connectivity index (χ0n) is 17.0. The van der Waals surface area contributed by atoms with E-state index in [1.165, 1.54) is 5.56 Å². The summed E-state index contributed by atoms with van der Waals surface area (Å²) in [6.07, 6.45) is 1.53. The minimum atomic E-state index is -0.952. The molecule has 0 radical (unpaired) electrons. The summed E-state index contributed by atoms with van der Waals surface area (Å²) in [7, 11) is 0. The van der Waals surface area contributed by atoms with Crippen LogP contribution in [0.4, 0.5) is 0 Å². The van der Waals surface area contributed by atoms with Crippen molar-refractivity contribution in [3.63, 3.8) is 0 Å². The third-order valence-electron chi connectivity index (χ3n) is 5.03. The van der Waals surface area contributed by atoms with E-state index >= 15 is 0 Å². The number of hydrogen-bond donors (Lipinski definition) is 1. The van der Waals surface area contributed by atoms with Gasteiger partial charge in [0.25, 0.3) is 5.56 Å². The first-order chi connectivity index (χ1) is 14.4. The Morgan fingerprint density at radius 2 is 1.83 bits per heavy atom. The van der Waals surface area contributed by atoms with Gasteiger partial charge in [0.1, 0.15) is 12.4 Å². The number of carboxylic acid groups (broad SMARTS) is 1. The van der Waals surface area contributed by atoms with Gasteiger partial charge < -0.3 is 14.4 Å². The summed E-state index contributed by atoms with van der Waals surface area (Å²) in [5.74, 6) is -0.183. The van der Waals surface area contributed by atoms with Crippen LogP contribution in [0.2, 0.25) is 0 Å². The van der Waals surface area contributed by atoms with Gasteiger partial charge in [-0.1, -0.05) is 31.2 Å². The molecule has 0 fully saturated rings. The highest BCUT2D eigenvalue weighted by Crippen LogP contribution is 2.21. The first-order valence-corrected chi connectivity index (χ1v) is 10.6. The van der Waals surface area contributed by atoms with E-state index in [-0.39, 0.29) is 17.7 Å². The lowest BCUT2D eigenvalue weighted by molar-refractivity contribution is 0.0697. The molecule has 1 heterocycles. The van der Waals surface area contributed by atoms with Crippen LogP contribution in [0.1, 0.15) is 39.7 Å². The van der Waals surface area contributed by atoms with Crippen molar-refractivity contribution in [1.29, 1.82) is 0 Å². The highest BCUT2D eigenvalue weighted by Gasteiger charge is 2.13. The fourth-order valence-electron chi connectivity index (χ4n) is 3.24. The zero-order chi connectivity index (χ0) is 21.7. The lowest BCUT2D eigenvalue weighted by Gasteiger charge is -2.17. The Morgan fingerprint density at radius 1 is 1.10 bits per heavy atom. The topological polar surface area (TPSA) is 68.5 Å².